The number of rotatable bonds is 5. The Kier molecular flexibility index (Phi) is 4.12. The monoisotopic (exact) mass is 277 g/mol. The molecule has 1 heterocycles. The third kappa shape index (κ3) is 2.41. The molecule has 0 radical (unpaired) electrons. The molecule has 2 aromatic rings. The fraction of sp³-hybridized carbons (Fsp3) is 0.429. The van der Waals surface area contributed by atoms with Crippen molar-refractivity contribution in [3.63, 3.8) is 0 Å². The van der Waals surface area contributed by atoms with E-state index < -0.39 is 0 Å². The van der Waals surface area contributed by atoms with Crippen LogP contribution in [0.15, 0.2) is 12.1 Å². The van der Waals surface area contributed by atoms with Gasteiger partial charge in [-0.2, -0.15) is 5.10 Å². The molecule has 0 saturated carbocycles. The van der Waals surface area contributed by atoms with E-state index in [0.29, 0.717) is 23.1 Å². The molecule has 2 rings (SSSR count). The summed E-state index contributed by atoms with van der Waals surface area (Å²) >= 11 is 0. The van der Waals surface area contributed by atoms with E-state index in [2.05, 4.69) is 29.0 Å². The van der Waals surface area contributed by atoms with Crippen molar-refractivity contribution < 1.29 is 14.2 Å². The van der Waals surface area contributed by atoms with Gasteiger partial charge in [-0.1, -0.05) is 13.8 Å². The highest BCUT2D eigenvalue weighted by Crippen LogP contribution is 2.43. The zero-order chi connectivity index (χ0) is 14.7. The van der Waals surface area contributed by atoms with Gasteiger partial charge in [0.2, 0.25) is 5.75 Å². The van der Waals surface area contributed by atoms with E-state index in [4.69, 9.17) is 14.2 Å². The zero-order valence-corrected chi connectivity index (χ0v) is 12.4. The molecule has 0 atom stereocenters. The molecule has 1 N–H and O–H groups in total. The molecular weight excluding hydrogens is 258 g/mol. The Labute approximate surface area is 118 Å². The van der Waals surface area contributed by atoms with Crippen molar-refractivity contribution in [1.29, 1.82) is 0 Å². The number of aromatic amines is 1. The fourth-order valence-electron chi connectivity index (χ4n) is 1.93. The van der Waals surface area contributed by atoms with E-state index in [1.165, 1.54) is 0 Å². The lowest BCUT2D eigenvalue weighted by Crippen LogP contribution is -1.97. The van der Waals surface area contributed by atoms with E-state index in [9.17, 15) is 0 Å². The number of H-pyrrole nitrogens is 1. The van der Waals surface area contributed by atoms with E-state index in [1.807, 2.05) is 12.1 Å². The van der Waals surface area contributed by atoms with Crippen LogP contribution >= 0.6 is 0 Å². The van der Waals surface area contributed by atoms with Gasteiger partial charge in [0, 0.05) is 5.92 Å². The molecule has 0 unspecified atom stereocenters. The Bertz CT molecular complexity index is 593. The lowest BCUT2D eigenvalue weighted by atomic mass is 10.1. The van der Waals surface area contributed by atoms with E-state index >= 15 is 0 Å². The van der Waals surface area contributed by atoms with Crippen molar-refractivity contribution >= 4 is 0 Å². The Morgan fingerprint density at radius 2 is 1.70 bits per heavy atom. The smallest absolute Gasteiger partial charge is 0.204 e. The highest BCUT2D eigenvalue weighted by Gasteiger charge is 2.20. The summed E-state index contributed by atoms with van der Waals surface area (Å²) < 4.78 is 16.1. The van der Waals surface area contributed by atoms with Crippen molar-refractivity contribution in [2.24, 2.45) is 0 Å². The molecule has 0 amide bonds. The van der Waals surface area contributed by atoms with Gasteiger partial charge >= 0.3 is 0 Å². The fourth-order valence-corrected chi connectivity index (χ4v) is 1.93. The first-order valence-corrected chi connectivity index (χ1v) is 6.34. The summed E-state index contributed by atoms with van der Waals surface area (Å²) in [5.74, 6) is 3.38. The number of methoxy groups -OCH3 is 3. The molecule has 6 heteroatoms. The van der Waals surface area contributed by atoms with Gasteiger partial charge in [-0.05, 0) is 12.1 Å². The molecule has 0 aliphatic carbocycles. The Morgan fingerprint density at radius 3 is 2.20 bits per heavy atom. The minimum atomic E-state index is 0.280. The van der Waals surface area contributed by atoms with E-state index in [-0.39, 0.29) is 5.92 Å². The molecule has 6 nitrogen and oxygen atoms in total. The Balaban J connectivity index is 2.55. The highest BCUT2D eigenvalue weighted by atomic mass is 16.5. The van der Waals surface area contributed by atoms with Crippen LogP contribution in [0, 0.1) is 0 Å². The van der Waals surface area contributed by atoms with Crippen molar-refractivity contribution in [3.05, 3.63) is 18.0 Å². The molecule has 0 aliphatic rings. The second-order valence-corrected chi connectivity index (χ2v) is 4.58. The average Bonchev–Trinajstić information content (AvgIpc) is 2.95. The summed E-state index contributed by atoms with van der Waals surface area (Å²) in [6.45, 7) is 4.10. The van der Waals surface area contributed by atoms with Gasteiger partial charge in [0.05, 0.1) is 26.9 Å². The summed E-state index contributed by atoms with van der Waals surface area (Å²) in [4.78, 5) is 4.48. The lowest BCUT2D eigenvalue weighted by molar-refractivity contribution is 0.325. The first-order valence-electron chi connectivity index (χ1n) is 6.34. The molecule has 20 heavy (non-hydrogen) atoms. The van der Waals surface area contributed by atoms with Crippen LogP contribution in [0.1, 0.15) is 25.6 Å². The van der Waals surface area contributed by atoms with Crippen LogP contribution in [-0.2, 0) is 0 Å². The predicted octanol–water partition coefficient (Wildman–Crippen LogP) is 2.62. The maximum absolute atomic E-state index is 5.44. The van der Waals surface area contributed by atoms with Gasteiger partial charge in [0.25, 0.3) is 0 Å². The molecule has 0 fully saturated rings. The number of aromatic nitrogens is 3. The van der Waals surface area contributed by atoms with E-state index in [0.717, 1.165) is 11.4 Å². The normalized spacial score (nSPS) is 10.7. The number of nitrogens with zero attached hydrogens (tertiary/aromatic N) is 2. The predicted molar refractivity (Wildman–Crippen MR) is 75.6 cm³/mol. The van der Waals surface area contributed by atoms with Crippen molar-refractivity contribution in [1.82, 2.24) is 15.2 Å². The van der Waals surface area contributed by atoms with Gasteiger partial charge < -0.3 is 14.2 Å². The first-order chi connectivity index (χ1) is 9.62. The summed E-state index contributed by atoms with van der Waals surface area (Å²) in [6, 6.07) is 3.66. The van der Waals surface area contributed by atoms with Gasteiger partial charge in [-0.15, -0.1) is 0 Å². The number of benzene rings is 1. The number of hydrogen-bond donors (Lipinski definition) is 1. The minimum Gasteiger partial charge on any atom is -0.493 e. The maximum atomic E-state index is 5.44. The molecule has 0 saturated heterocycles. The SMILES string of the molecule is COc1ccc(-c2n[nH]c(C(C)C)n2)c(OC)c1OC. The van der Waals surface area contributed by atoms with Crippen molar-refractivity contribution in [2.45, 2.75) is 19.8 Å². The van der Waals surface area contributed by atoms with Crippen LogP contribution in [0.5, 0.6) is 17.2 Å². The molecule has 0 spiro atoms. The van der Waals surface area contributed by atoms with Crippen molar-refractivity contribution in [3.8, 4) is 28.6 Å². The van der Waals surface area contributed by atoms with Crippen LogP contribution < -0.4 is 14.2 Å². The Morgan fingerprint density at radius 1 is 1.00 bits per heavy atom. The number of ether oxygens (including phenoxy) is 3. The third-order valence-corrected chi connectivity index (χ3v) is 2.99. The number of hydrogen-bond acceptors (Lipinski definition) is 5. The molecule has 0 bridgehead atoms. The summed E-state index contributed by atoms with van der Waals surface area (Å²) in [7, 11) is 4.74. The molecule has 1 aromatic carbocycles. The second kappa shape index (κ2) is 5.81. The zero-order valence-electron chi connectivity index (χ0n) is 12.4. The summed E-state index contributed by atoms with van der Waals surface area (Å²) in [5.41, 5.74) is 0.758. The topological polar surface area (TPSA) is 69.3 Å². The van der Waals surface area contributed by atoms with Gasteiger partial charge in [-0.3, -0.25) is 5.10 Å². The maximum Gasteiger partial charge on any atom is 0.204 e. The molecule has 108 valence electrons. The second-order valence-electron chi connectivity index (χ2n) is 4.58. The van der Waals surface area contributed by atoms with Crippen LogP contribution in [0.25, 0.3) is 11.4 Å². The highest BCUT2D eigenvalue weighted by molar-refractivity contribution is 5.72. The molecule has 1 aromatic heterocycles. The summed E-state index contributed by atoms with van der Waals surface area (Å²) in [6.07, 6.45) is 0. The van der Waals surface area contributed by atoms with Crippen LogP contribution in [0.4, 0.5) is 0 Å². The average molecular weight is 277 g/mol. The van der Waals surface area contributed by atoms with E-state index in [1.54, 1.807) is 21.3 Å². The van der Waals surface area contributed by atoms with Crippen LogP contribution in [0.3, 0.4) is 0 Å². The quantitative estimate of drug-likeness (QED) is 0.909. The standard InChI is InChI=1S/C14H19N3O3/c1-8(2)13-15-14(17-16-13)9-6-7-10(18-3)12(20-5)11(9)19-4/h6-8H,1-5H3,(H,15,16,17). The molecule has 0 aliphatic heterocycles. The lowest BCUT2D eigenvalue weighted by Gasteiger charge is -2.14. The largest absolute Gasteiger partial charge is 0.493 e. The minimum absolute atomic E-state index is 0.280. The third-order valence-electron chi connectivity index (χ3n) is 2.99. The van der Waals surface area contributed by atoms with Gasteiger partial charge in [-0.25, -0.2) is 4.98 Å². The van der Waals surface area contributed by atoms with Crippen LogP contribution in [-0.4, -0.2) is 36.5 Å². The summed E-state index contributed by atoms with van der Waals surface area (Å²) in [5, 5.41) is 7.17. The van der Waals surface area contributed by atoms with Crippen LogP contribution in [0.2, 0.25) is 0 Å². The Hall–Kier alpha value is -2.24. The van der Waals surface area contributed by atoms with Gasteiger partial charge in [0.15, 0.2) is 17.3 Å². The van der Waals surface area contributed by atoms with Crippen molar-refractivity contribution in [2.75, 3.05) is 21.3 Å². The number of nitrogens with one attached hydrogen (secondary N) is 1. The first kappa shape index (κ1) is 14.2. The van der Waals surface area contributed by atoms with Gasteiger partial charge in [0.1, 0.15) is 5.82 Å². The molecular formula is C14H19N3O3.